The quantitative estimate of drug-likeness (QED) is 0.681. The highest BCUT2D eigenvalue weighted by molar-refractivity contribution is 6.30. The summed E-state index contributed by atoms with van der Waals surface area (Å²) < 4.78 is 0. The second-order valence-corrected chi connectivity index (χ2v) is 4.16. The summed E-state index contributed by atoms with van der Waals surface area (Å²) in [6.45, 7) is 0.275. The first-order chi connectivity index (χ1) is 8.58. The molecule has 0 aromatic heterocycles. The molecule has 1 aromatic carbocycles. The van der Waals surface area contributed by atoms with Gasteiger partial charge in [-0.2, -0.15) is 0 Å². The van der Waals surface area contributed by atoms with Gasteiger partial charge in [0.15, 0.2) is 0 Å². The smallest absolute Gasteiger partial charge is 0.317 e. The third-order valence-corrected chi connectivity index (χ3v) is 2.42. The number of aliphatic carboxylic acids is 1. The second kappa shape index (κ2) is 7.68. The number of halogens is 1. The Kier molecular flexibility index (Phi) is 6.18. The zero-order valence-corrected chi connectivity index (χ0v) is 10.5. The van der Waals surface area contributed by atoms with Gasteiger partial charge in [-0.3, -0.25) is 14.9 Å². The van der Waals surface area contributed by atoms with E-state index in [9.17, 15) is 9.59 Å². The van der Waals surface area contributed by atoms with Gasteiger partial charge in [-0.05, 0) is 24.1 Å². The van der Waals surface area contributed by atoms with Gasteiger partial charge in [-0.1, -0.05) is 23.7 Å². The van der Waals surface area contributed by atoms with Crippen LogP contribution in [-0.4, -0.2) is 36.6 Å². The molecule has 0 aliphatic heterocycles. The molecule has 6 heteroatoms. The van der Waals surface area contributed by atoms with Gasteiger partial charge in [0.05, 0.1) is 13.1 Å². The number of carboxylic acids is 1. The molecule has 0 bridgehead atoms. The molecule has 5 nitrogen and oxygen atoms in total. The van der Waals surface area contributed by atoms with Crippen LogP contribution in [-0.2, 0) is 16.0 Å². The molecule has 1 amide bonds. The van der Waals surface area contributed by atoms with Gasteiger partial charge in [0.1, 0.15) is 0 Å². The van der Waals surface area contributed by atoms with E-state index in [0.29, 0.717) is 18.0 Å². The normalized spacial score (nSPS) is 10.1. The van der Waals surface area contributed by atoms with Crippen molar-refractivity contribution >= 4 is 23.5 Å². The van der Waals surface area contributed by atoms with Crippen molar-refractivity contribution < 1.29 is 14.7 Å². The lowest BCUT2D eigenvalue weighted by Gasteiger charge is -2.06. The molecular weight excluding hydrogens is 256 g/mol. The number of hydrogen-bond donors (Lipinski definition) is 3. The Morgan fingerprint density at radius 1 is 1.28 bits per heavy atom. The Morgan fingerprint density at radius 3 is 2.72 bits per heavy atom. The van der Waals surface area contributed by atoms with Gasteiger partial charge in [-0.15, -0.1) is 0 Å². The monoisotopic (exact) mass is 270 g/mol. The molecule has 0 fully saturated rings. The molecule has 3 N–H and O–H groups in total. The van der Waals surface area contributed by atoms with E-state index >= 15 is 0 Å². The maximum Gasteiger partial charge on any atom is 0.317 e. The molecule has 18 heavy (non-hydrogen) atoms. The predicted molar refractivity (Wildman–Crippen MR) is 68.7 cm³/mol. The second-order valence-electron chi connectivity index (χ2n) is 3.73. The molecule has 0 spiro atoms. The number of amides is 1. The maximum atomic E-state index is 11.3. The summed E-state index contributed by atoms with van der Waals surface area (Å²) >= 11 is 5.83. The van der Waals surface area contributed by atoms with E-state index in [1.807, 2.05) is 18.2 Å². The van der Waals surface area contributed by atoms with Crippen LogP contribution in [0, 0.1) is 0 Å². The van der Waals surface area contributed by atoms with Crippen LogP contribution < -0.4 is 10.6 Å². The summed E-state index contributed by atoms with van der Waals surface area (Å²) in [5.74, 6) is -1.21. The fourth-order valence-electron chi connectivity index (χ4n) is 1.38. The van der Waals surface area contributed by atoms with Crippen LogP contribution in [0.4, 0.5) is 0 Å². The van der Waals surface area contributed by atoms with Crippen molar-refractivity contribution in [2.24, 2.45) is 0 Å². The number of carbonyl (C=O) groups excluding carboxylic acids is 1. The van der Waals surface area contributed by atoms with Crippen molar-refractivity contribution in [2.75, 3.05) is 19.6 Å². The van der Waals surface area contributed by atoms with Crippen molar-refractivity contribution in [1.29, 1.82) is 0 Å². The Balaban J connectivity index is 2.17. The summed E-state index contributed by atoms with van der Waals surface area (Å²) in [7, 11) is 0. The minimum atomic E-state index is -0.985. The molecule has 0 radical (unpaired) electrons. The van der Waals surface area contributed by atoms with Crippen LogP contribution in [0.2, 0.25) is 5.02 Å². The number of carboxylic acid groups (broad SMARTS) is 1. The van der Waals surface area contributed by atoms with Gasteiger partial charge >= 0.3 is 5.97 Å². The van der Waals surface area contributed by atoms with E-state index in [1.54, 1.807) is 6.07 Å². The van der Waals surface area contributed by atoms with Crippen molar-refractivity contribution in [3.8, 4) is 0 Å². The van der Waals surface area contributed by atoms with Crippen LogP contribution in [0.5, 0.6) is 0 Å². The van der Waals surface area contributed by atoms with E-state index in [4.69, 9.17) is 16.7 Å². The molecular formula is C12H15ClN2O3. The number of benzene rings is 1. The summed E-state index contributed by atoms with van der Waals surface area (Å²) in [5, 5.41) is 14.2. The van der Waals surface area contributed by atoms with E-state index < -0.39 is 5.97 Å². The zero-order chi connectivity index (χ0) is 13.4. The van der Waals surface area contributed by atoms with Crippen LogP contribution in [0.25, 0.3) is 0 Å². The molecule has 0 atom stereocenters. The number of carbonyl (C=O) groups is 2. The van der Waals surface area contributed by atoms with E-state index in [2.05, 4.69) is 10.6 Å². The van der Waals surface area contributed by atoms with Gasteiger partial charge in [0.2, 0.25) is 5.91 Å². The fourth-order valence-corrected chi connectivity index (χ4v) is 1.60. The van der Waals surface area contributed by atoms with Gasteiger partial charge in [0, 0.05) is 11.6 Å². The minimum absolute atomic E-state index is 0.00183. The van der Waals surface area contributed by atoms with Crippen LogP contribution in [0.3, 0.4) is 0 Å². The number of hydrogen-bond acceptors (Lipinski definition) is 3. The average molecular weight is 271 g/mol. The molecule has 0 unspecified atom stereocenters. The predicted octanol–water partition coefficient (Wildman–Crippen LogP) is 0.673. The summed E-state index contributed by atoms with van der Waals surface area (Å²) in [6, 6.07) is 7.42. The summed E-state index contributed by atoms with van der Waals surface area (Å²) in [5.41, 5.74) is 1.04. The Labute approximate surface area is 110 Å². The van der Waals surface area contributed by atoms with Gasteiger partial charge < -0.3 is 10.4 Å². The van der Waals surface area contributed by atoms with E-state index in [1.165, 1.54) is 0 Å². The standard InChI is InChI=1S/C12H15ClN2O3/c13-10-3-1-2-9(6-10)4-5-15-11(16)7-14-8-12(17)18/h1-3,6,14H,4-5,7-8H2,(H,15,16)(H,17,18). The van der Waals surface area contributed by atoms with Crippen LogP contribution >= 0.6 is 11.6 Å². The number of rotatable bonds is 7. The van der Waals surface area contributed by atoms with Crippen LogP contribution in [0.1, 0.15) is 5.56 Å². The molecule has 0 aliphatic rings. The Morgan fingerprint density at radius 2 is 2.06 bits per heavy atom. The average Bonchev–Trinajstić information content (AvgIpc) is 2.28. The molecule has 0 heterocycles. The summed E-state index contributed by atoms with van der Waals surface area (Å²) in [6.07, 6.45) is 0.686. The van der Waals surface area contributed by atoms with Crippen molar-refractivity contribution in [3.63, 3.8) is 0 Å². The molecule has 98 valence electrons. The fraction of sp³-hybridized carbons (Fsp3) is 0.333. The highest BCUT2D eigenvalue weighted by Gasteiger charge is 2.02. The van der Waals surface area contributed by atoms with Crippen molar-refractivity contribution in [1.82, 2.24) is 10.6 Å². The number of nitrogens with one attached hydrogen (secondary N) is 2. The largest absolute Gasteiger partial charge is 0.480 e. The maximum absolute atomic E-state index is 11.3. The Hall–Kier alpha value is -1.59. The first kappa shape index (κ1) is 14.5. The van der Waals surface area contributed by atoms with Gasteiger partial charge in [0.25, 0.3) is 0 Å². The molecule has 0 aliphatic carbocycles. The third-order valence-electron chi connectivity index (χ3n) is 2.19. The molecule has 1 aromatic rings. The molecule has 0 saturated heterocycles. The Bertz CT molecular complexity index is 424. The molecule has 0 saturated carbocycles. The first-order valence-electron chi connectivity index (χ1n) is 5.51. The lowest BCUT2D eigenvalue weighted by atomic mass is 10.1. The highest BCUT2D eigenvalue weighted by Crippen LogP contribution is 2.10. The highest BCUT2D eigenvalue weighted by atomic mass is 35.5. The minimum Gasteiger partial charge on any atom is -0.480 e. The lowest BCUT2D eigenvalue weighted by Crippen LogP contribution is -2.36. The lowest BCUT2D eigenvalue weighted by molar-refractivity contribution is -0.136. The van der Waals surface area contributed by atoms with E-state index in [-0.39, 0.29) is 19.0 Å². The summed E-state index contributed by atoms with van der Waals surface area (Å²) in [4.78, 5) is 21.5. The van der Waals surface area contributed by atoms with Gasteiger partial charge in [-0.25, -0.2) is 0 Å². The SMILES string of the molecule is O=C(O)CNCC(=O)NCCc1cccc(Cl)c1. The first-order valence-corrected chi connectivity index (χ1v) is 5.89. The van der Waals surface area contributed by atoms with Crippen molar-refractivity contribution in [3.05, 3.63) is 34.9 Å². The van der Waals surface area contributed by atoms with Crippen molar-refractivity contribution in [2.45, 2.75) is 6.42 Å². The van der Waals surface area contributed by atoms with Crippen LogP contribution in [0.15, 0.2) is 24.3 Å². The zero-order valence-electron chi connectivity index (χ0n) is 9.78. The topological polar surface area (TPSA) is 78.4 Å². The molecule has 1 rings (SSSR count). The van der Waals surface area contributed by atoms with E-state index in [0.717, 1.165) is 5.56 Å². The third kappa shape index (κ3) is 6.22.